The van der Waals surface area contributed by atoms with Gasteiger partial charge in [0.1, 0.15) is 22.9 Å². The van der Waals surface area contributed by atoms with Crippen molar-refractivity contribution in [2.24, 2.45) is 5.73 Å². The number of nitrogens with zero attached hydrogens (tertiary/aromatic N) is 1. The summed E-state index contributed by atoms with van der Waals surface area (Å²) in [5.41, 5.74) is 5.14. The third-order valence-electron chi connectivity index (χ3n) is 3.29. The van der Waals surface area contributed by atoms with Gasteiger partial charge in [-0.2, -0.15) is 0 Å². The molecule has 1 fully saturated rings. The van der Waals surface area contributed by atoms with Gasteiger partial charge in [0.2, 0.25) is 5.91 Å². The molecular formula is C13H12N2O5S2. The largest absolute Gasteiger partial charge is 0.477 e. The Balaban J connectivity index is 1.98. The van der Waals surface area contributed by atoms with E-state index in [0.717, 1.165) is 11.8 Å². The zero-order valence-corrected chi connectivity index (χ0v) is 13.1. The molecule has 0 bridgehead atoms. The lowest BCUT2D eigenvalue weighted by atomic mass is 10.1. The number of aliphatic carboxylic acids is 1. The van der Waals surface area contributed by atoms with Crippen LogP contribution in [0.25, 0.3) is 0 Å². The molecule has 0 unspecified atom stereocenters. The van der Waals surface area contributed by atoms with Crippen molar-refractivity contribution in [2.75, 3.05) is 5.75 Å². The Morgan fingerprint density at radius 2 is 2.23 bits per heavy atom. The van der Waals surface area contributed by atoms with Gasteiger partial charge in [-0.3, -0.25) is 9.69 Å². The third kappa shape index (κ3) is 2.44. The van der Waals surface area contributed by atoms with Crippen LogP contribution in [-0.4, -0.2) is 39.1 Å². The van der Waals surface area contributed by atoms with Crippen LogP contribution >= 0.6 is 23.5 Å². The smallest absolute Gasteiger partial charge is 0.353 e. The van der Waals surface area contributed by atoms with Gasteiger partial charge in [0.25, 0.3) is 0 Å². The first kappa shape index (κ1) is 15.2. The topological polar surface area (TPSA) is 114 Å². The molecular weight excluding hydrogens is 328 g/mol. The summed E-state index contributed by atoms with van der Waals surface area (Å²) in [6.45, 7) is 1.64. The average Bonchev–Trinajstić information content (AvgIpc) is 2.44. The Labute approximate surface area is 133 Å². The highest BCUT2D eigenvalue weighted by Crippen LogP contribution is 2.44. The summed E-state index contributed by atoms with van der Waals surface area (Å²) in [5.74, 6) is -0.701. The standard InChI is InChI=1S/C13H12N2O5S2/c1-5-2-6(3-8(16)20-5)22-7-4-21-12-9(14)11(17)15(12)10(7)13(18)19/h2-3,9,12H,4,14H2,1H3,(H,18,19)/t9-,12-/m1/s1. The van der Waals surface area contributed by atoms with Gasteiger partial charge in [-0.15, -0.1) is 11.8 Å². The number of carbonyl (C=O) groups is 2. The maximum Gasteiger partial charge on any atom is 0.353 e. The molecule has 3 rings (SSSR count). The van der Waals surface area contributed by atoms with Crippen LogP contribution in [0.1, 0.15) is 5.76 Å². The predicted octanol–water partition coefficient (Wildman–Crippen LogP) is 0.579. The molecule has 116 valence electrons. The molecule has 0 spiro atoms. The van der Waals surface area contributed by atoms with Crippen LogP contribution in [0.2, 0.25) is 0 Å². The Bertz CT molecular complexity index is 757. The number of thioether (sulfide) groups is 2. The van der Waals surface area contributed by atoms with Gasteiger partial charge in [0.05, 0.1) is 0 Å². The fourth-order valence-corrected chi connectivity index (χ4v) is 4.87. The van der Waals surface area contributed by atoms with E-state index in [1.165, 1.54) is 22.7 Å². The summed E-state index contributed by atoms with van der Waals surface area (Å²) >= 11 is 2.57. The molecule has 0 radical (unpaired) electrons. The summed E-state index contributed by atoms with van der Waals surface area (Å²) in [6, 6.07) is 2.29. The number of carboxylic acid groups (broad SMARTS) is 1. The average molecular weight is 340 g/mol. The van der Waals surface area contributed by atoms with Crippen molar-refractivity contribution >= 4 is 35.4 Å². The van der Waals surface area contributed by atoms with Gasteiger partial charge in [-0.25, -0.2) is 9.59 Å². The minimum atomic E-state index is -1.17. The number of amides is 1. The first-order valence-electron chi connectivity index (χ1n) is 6.35. The van der Waals surface area contributed by atoms with E-state index in [1.807, 2.05) is 0 Å². The second kappa shape index (κ2) is 5.49. The fourth-order valence-electron chi connectivity index (χ4n) is 2.34. The van der Waals surface area contributed by atoms with E-state index < -0.39 is 23.5 Å². The number of carbonyl (C=O) groups excluding carboxylic acids is 1. The lowest BCUT2D eigenvalue weighted by molar-refractivity contribution is -0.147. The van der Waals surface area contributed by atoms with Crippen molar-refractivity contribution in [1.82, 2.24) is 4.90 Å². The molecule has 2 aliphatic rings. The summed E-state index contributed by atoms with van der Waals surface area (Å²) in [7, 11) is 0. The summed E-state index contributed by atoms with van der Waals surface area (Å²) in [5, 5.41) is 9.10. The van der Waals surface area contributed by atoms with Gasteiger partial charge < -0.3 is 15.3 Å². The van der Waals surface area contributed by atoms with E-state index in [0.29, 0.717) is 21.3 Å². The maximum atomic E-state index is 11.8. The monoisotopic (exact) mass is 340 g/mol. The van der Waals surface area contributed by atoms with E-state index in [-0.39, 0.29) is 11.1 Å². The SMILES string of the molecule is Cc1cc(SC2=C(C(=O)O)N3C(=O)[C@@H](N)[C@H]3SC2)cc(=O)o1. The molecule has 2 aliphatic heterocycles. The molecule has 0 saturated carbocycles. The van der Waals surface area contributed by atoms with Crippen molar-refractivity contribution in [3.8, 4) is 0 Å². The molecule has 1 amide bonds. The van der Waals surface area contributed by atoms with E-state index in [1.54, 1.807) is 13.0 Å². The van der Waals surface area contributed by atoms with E-state index in [4.69, 9.17) is 10.2 Å². The summed E-state index contributed by atoms with van der Waals surface area (Å²) in [6.07, 6.45) is 0. The molecule has 2 atom stereocenters. The third-order valence-corrected chi connectivity index (χ3v) is 5.82. The van der Waals surface area contributed by atoms with Crippen molar-refractivity contribution < 1.29 is 19.1 Å². The van der Waals surface area contributed by atoms with Crippen LogP contribution in [-0.2, 0) is 9.59 Å². The molecule has 0 aromatic carbocycles. The molecule has 1 aromatic rings. The maximum absolute atomic E-state index is 11.8. The minimum Gasteiger partial charge on any atom is -0.477 e. The molecule has 3 N–H and O–H groups in total. The van der Waals surface area contributed by atoms with Crippen molar-refractivity contribution in [1.29, 1.82) is 0 Å². The number of hydrogen-bond acceptors (Lipinski definition) is 7. The van der Waals surface area contributed by atoms with Crippen LogP contribution in [0.15, 0.2) is 36.8 Å². The summed E-state index contributed by atoms with van der Waals surface area (Å²) < 4.78 is 4.87. The van der Waals surface area contributed by atoms with Crippen LogP contribution < -0.4 is 11.4 Å². The normalized spacial score (nSPS) is 24.1. The van der Waals surface area contributed by atoms with Crippen LogP contribution in [0, 0.1) is 6.92 Å². The van der Waals surface area contributed by atoms with E-state index in [9.17, 15) is 19.5 Å². The van der Waals surface area contributed by atoms with E-state index in [2.05, 4.69) is 0 Å². The van der Waals surface area contributed by atoms with Crippen LogP contribution in [0.4, 0.5) is 0 Å². The highest BCUT2D eigenvalue weighted by Gasteiger charge is 2.51. The van der Waals surface area contributed by atoms with Crippen LogP contribution in [0.3, 0.4) is 0 Å². The van der Waals surface area contributed by atoms with Crippen molar-refractivity contribution in [2.45, 2.75) is 23.2 Å². The summed E-state index contributed by atoms with van der Waals surface area (Å²) in [4.78, 5) is 37.1. The highest BCUT2D eigenvalue weighted by atomic mass is 32.2. The van der Waals surface area contributed by atoms with Gasteiger partial charge in [-0.05, 0) is 13.0 Å². The lowest BCUT2D eigenvalue weighted by Gasteiger charge is -2.47. The lowest BCUT2D eigenvalue weighted by Crippen LogP contribution is -2.68. The minimum absolute atomic E-state index is 0.0497. The fraction of sp³-hybridized carbons (Fsp3) is 0.308. The molecule has 9 heteroatoms. The number of carboxylic acids is 1. The zero-order chi connectivity index (χ0) is 16.0. The first-order valence-corrected chi connectivity index (χ1v) is 8.21. The second-order valence-electron chi connectivity index (χ2n) is 4.84. The van der Waals surface area contributed by atoms with Gasteiger partial charge in [0, 0.05) is 21.6 Å². The first-order chi connectivity index (χ1) is 10.4. The number of rotatable bonds is 3. The Morgan fingerprint density at radius 3 is 2.86 bits per heavy atom. The Hall–Kier alpha value is -1.71. The molecule has 1 saturated heterocycles. The van der Waals surface area contributed by atoms with Crippen molar-refractivity contribution in [3.63, 3.8) is 0 Å². The predicted molar refractivity (Wildman–Crippen MR) is 81.3 cm³/mol. The second-order valence-corrected chi connectivity index (χ2v) is 7.11. The Kier molecular flexibility index (Phi) is 3.79. The number of β-lactam (4-membered cyclic amide) rings is 1. The van der Waals surface area contributed by atoms with E-state index >= 15 is 0 Å². The van der Waals surface area contributed by atoms with Crippen molar-refractivity contribution in [3.05, 3.63) is 38.9 Å². The Morgan fingerprint density at radius 1 is 1.50 bits per heavy atom. The quantitative estimate of drug-likeness (QED) is 0.768. The molecule has 22 heavy (non-hydrogen) atoms. The van der Waals surface area contributed by atoms with Crippen LogP contribution in [0.5, 0.6) is 0 Å². The zero-order valence-electron chi connectivity index (χ0n) is 11.4. The molecule has 0 aliphatic carbocycles. The number of nitrogens with two attached hydrogens (primary N) is 1. The van der Waals surface area contributed by atoms with Gasteiger partial charge >= 0.3 is 11.6 Å². The number of fused-ring (bicyclic) bond motifs is 1. The molecule has 1 aromatic heterocycles. The van der Waals surface area contributed by atoms with Gasteiger partial charge in [0.15, 0.2) is 0 Å². The highest BCUT2D eigenvalue weighted by molar-refractivity contribution is 8.06. The van der Waals surface area contributed by atoms with Gasteiger partial charge in [-0.1, -0.05) is 11.8 Å². The molecule has 3 heterocycles. The number of aryl methyl sites for hydroxylation is 1. The molecule has 7 nitrogen and oxygen atoms in total. The number of hydrogen-bond donors (Lipinski definition) is 2.